The van der Waals surface area contributed by atoms with Gasteiger partial charge in [0.15, 0.2) is 0 Å². The van der Waals surface area contributed by atoms with Crippen molar-refractivity contribution < 1.29 is 14.7 Å². The summed E-state index contributed by atoms with van der Waals surface area (Å²) in [6.45, 7) is 9.48. The van der Waals surface area contributed by atoms with E-state index in [0.717, 1.165) is 25.8 Å². The normalized spacial score (nSPS) is 24.9. The minimum Gasteiger partial charge on any atom is -0.481 e. The molecular formula is C14H26N2O3. The first-order chi connectivity index (χ1) is 8.53. The highest BCUT2D eigenvalue weighted by atomic mass is 16.4. The standard InChI is InChI=1S/C14H26N2O3/c1-12(2,11(18)19)13(3,4)16-10(17)14(5)8-6-7-9-15-14/h15H,6-9H2,1-5H3,(H,16,17)(H,18,19). The Hall–Kier alpha value is -1.10. The average Bonchev–Trinajstić information content (AvgIpc) is 2.28. The molecule has 0 bridgehead atoms. The van der Waals surface area contributed by atoms with Crippen LogP contribution in [0.3, 0.4) is 0 Å². The molecule has 0 aromatic carbocycles. The summed E-state index contributed by atoms with van der Waals surface area (Å²) in [5, 5.41) is 15.4. The molecule has 1 aliphatic rings. The van der Waals surface area contributed by atoms with Crippen LogP contribution in [0.5, 0.6) is 0 Å². The van der Waals surface area contributed by atoms with Gasteiger partial charge in [0, 0.05) is 0 Å². The number of aliphatic carboxylic acids is 1. The predicted octanol–water partition coefficient (Wildman–Crippen LogP) is 1.52. The van der Waals surface area contributed by atoms with E-state index in [9.17, 15) is 14.7 Å². The van der Waals surface area contributed by atoms with Gasteiger partial charge in [-0.3, -0.25) is 9.59 Å². The lowest BCUT2D eigenvalue weighted by Crippen LogP contribution is -2.64. The molecule has 1 amide bonds. The van der Waals surface area contributed by atoms with Crippen LogP contribution in [0.25, 0.3) is 0 Å². The molecule has 0 spiro atoms. The van der Waals surface area contributed by atoms with Crippen LogP contribution in [0, 0.1) is 5.41 Å². The number of carboxylic acid groups (broad SMARTS) is 1. The maximum atomic E-state index is 12.4. The van der Waals surface area contributed by atoms with Crippen molar-refractivity contribution in [3.8, 4) is 0 Å². The van der Waals surface area contributed by atoms with Crippen molar-refractivity contribution in [2.45, 2.75) is 65.0 Å². The van der Waals surface area contributed by atoms with Crippen LogP contribution < -0.4 is 10.6 Å². The average molecular weight is 270 g/mol. The zero-order chi connectivity index (χ0) is 14.9. The number of rotatable bonds is 4. The molecule has 1 heterocycles. The van der Waals surface area contributed by atoms with Crippen molar-refractivity contribution in [3.63, 3.8) is 0 Å². The Kier molecular flexibility index (Phi) is 4.30. The number of carbonyl (C=O) groups is 2. The van der Waals surface area contributed by atoms with Gasteiger partial charge in [-0.1, -0.05) is 0 Å². The molecule has 1 saturated heterocycles. The zero-order valence-corrected chi connectivity index (χ0v) is 12.6. The molecule has 1 rings (SSSR count). The summed E-state index contributed by atoms with van der Waals surface area (Å²) < 4.78 is 0. The largest absolute Gasteiger partial charge is 0.481 e. The van der Waals surface area contributed by atoms with Crippen molar-refractivity contribution in [1.29, 1.82) is 0 Å². The number of carbonyl (C=O) groups excluding carboxylic acids is 1. The van der Waals surface area contributed by atoms with Gasteiger partial charge in [0.1, 0.15) is 0 Å². The lowest BCUT2D eigenvalue weighted by Gasteiger charge is -2.42. The van der Waals surface area contributed by atoms with Gasteiger partial charge < -0.3 is 15.7 Å². The van der Waals surface area contributed by atoms with Gasteiger partial charge in [-0.2, -0.15) is 0 Å². The molecular weight excluding hydrogens is 244 g/mol. The van der Waals surface area contributed by atoms with Crippen LogP contribution in [0.15, 0.2) is 0 Å². The highest BCUT2D eigenvalue weighted by molar-refractivity contribution is 5.87. The van der Waals surface area contributed by atoms with Crippen LogP contribution in [0.1, 0.15) is 53.9 Å². The molecule has 110 valence electrons. The zero-order valence-electron chi connectivity index (χ0n) is 12.6. The van der Waals surface area contributed by atoms with Crippen LogP contribution in [0.4, 0.5) is 0 Å². The smallest absolute Gasteiger partial charge is 0.311 e. The molecule has 0 aliphatic carbocycles. The molecule has 1 unspecified atom stereocenters. The summed E-state index contributed by atoms with van der Waals surface area (Å²) in [4.78, 5) is 23.8. The van der Waals surface area contributed by atoms with E-state index in [2.05, 4.69) is 10.6 Å². The maximum absolute atomic E-state index is 12.4. The topological polar surface area (TPSA) is 78.4 Å². The minimum absolute atomic E-state index is 0.119. The quantitative estimate of drug-likeness (QED) is 0.724. The van der Waals surface area contributed by atoms with E-state index < -0.39 is 22.5 Å². The molecule has 0 radical (unpaired) electrons. The number of hydrogen-bond acceptors (Lipinski definition) is 3. The first kappa shape index (κ1) is 16.0. The molecule has 3 N–H and O–H groups in total. The number of hydrogen-bond donors (Lipinski definition) is 3. The Labute approximate surface area is 115 Å². The summed E-state index contributed by atoms with van der Waals surface area (Å²) in [5.41, 5.74) is -2.45. The van der Waals surface area contributed by atoms with Crippen LogP contribution >= 0.6 is 0 Å². The van der Waals surface area contributed by atoms with Gasteiger partial charge in [0.2, 0.25) is 5.91 Å². The maximum Gasteiger partial charge on any atom is 0.311 e. The second-order valence-corrected chi connectivity index (χ2v) is 6.73. The first-order valence-corrected chi connectivity index (χ1v) is 6.84. The van der Waals surface area contributed by atoms with Gasteiger partial charge in [-0.05, 0) is 60.4 Å². The molecule has 1 fully saturated rings. The van der Waals surface area contributed by atoms with Gasteiger partial charge in [-0.25, -0.2) is 0 Å². The van der Waals surface area contributed by atoms with Crippen molar-refractivity contribution >= 4 is 11.9 Å². The third-order valence-corrected chi connectivity index (χ3v) is 4.64. The number of amides is 1. The van der Waals surface area contributed by atoms with Gasteiger partial charge in [-0.15, -0.1) is 0 Å². The fraction of sp³-hybridized carbons (Fsp3) is 0.857. The lowest BCUT2D eigenvalue weighted by atomic mass is 9.74. The Balaban J connectivity index is 2.83. The Morgan fingerprint density at radius 1 is 1.21 bits per heavy atom. The SMILES string of the molecule is CC1(C(=O)NC(C)(C)C(C)(C)C(=O)O)CCCCN1. The van der Waals surface area contributed by atoms with E-state index in [1.807, 2.05) is 6.92 Å². The molecule has 0 aromatic rings. The first-order valence-electron chi connectivity index (χ1n) is 6.84. The van der Waals surface area contributed by atoms with E-state index in [0.29, 0.717) is 0 Å². The Bertz CT molecular complexity index is 369. The summed E-state index contributed by atoms with van der Waals surface area (Å²) in [7, 11) is 0. The van der Waals surface area contributed by atoms with Gasteiger partial charge in [0.25, 0.3) is 0 Å². The lowest BCUT2D eigenvalue weighted by molar-refractivity contribution is -0.152. The second kappa shape index (κ2) is 5.12. The number of nitrogens with one attached hydrogen (secondary N) is 2. The Morgan fingerprint density at radius 2 is 1.79 bits per heavy atom. The molecule has 1 aliphatic heterocycles. The van der Waals surface area contributed by atoms with E-state index >= 15 is 0 Å². The highest BCUT2D eigenvalue weighted by Crippen LogP contribution is 2.31. The van der Waals surface area contributed by atoms with Crippen LogP contribution in [0.2, 0.25) is 0 Å². The molecule has 19 heavy (non-hydrogen) atoms. The Morgan fingerprint density at radius 3 is 2.21 bits per heavy atom. The van der Waals surface area contributed by atoms with Crippen molar-refractivity contribution in [2.24, 2.45) is 5.41 Å². The van der Waals surface area contributed by atoms with Gasteiger partial charge in [0.05, 0.1) is 16.5 Å². The monoisotopic (exact) mass is 270 g/mol. The third-order valence-electron chi connectivity index (χ3n) is 4.64. The van der Waals surface area contributed by atoms with Gasteiger partial charge >= 0.3 is 5.97 Å². The molecule has 0 aromatic heterocycles. The van der Waals surface area contributed by atoms with Crippen molar-refractivity contribution in [1.82, 2.24) is 10.6 Å². The summed E-state index contributed by atoms with van der Waals surface area (Å²) >= 11 is 0. The van der Waals surface area contributed by atoms with Crippen LogP contribution in [-0.2, 0) is 9.59 Å². The van der Waals surface area contributed by atoms with E-state index in [4.69, 9.17) is 0 Å². The van der Waals surface area contributed by atoms with E-state index in [1.54, 1.807) is 27.7 Å². The third kappa shape index (κ3) is 3.08. The highest BCUT2D eigenvalue weighted by Gasteiger charge is 2.47. The summed E-state index contributed by atoms with van der Waals surface area (Å²) in [5.74, 6) is -1.04. The molecule has 5 nitrogen and oxygen atoms in total. The fourth-order valence-corrected chi connectivity index (χ4v) is 2.10. The van der Waals surface area contributed by atoms with Crippen molar-refractivity contribution in [2.75, 3.05) is 6.54 Å². The molecule has 1 atom stereocenters. The number of piperidine rings is 1. The second-order valence-electron chi connectivity index (χ2n) is 6.73. The van der Waals surface area contributed by atoms with Crippen molar-refractivity contribution in [3.05, 3.63) is 0 Å². The summed E-state index contributed by atoms with van der Waals surface area (Å²) in [6.07, 6.45) is 2.87. The molecule has 5 heteroatoms. The predicted molar refractivity (Wildman–Crippen MR) is 73.9 cm³/mol. The number of carboxylic acids is 1. The summed E-state index contributed by atoms with van der Waals surface area (Å²) in [6, 6.07) is 0. The van der Waals surface area contributed by atoms with E-state index in [1.165, 1.54) is 0 Å². The minimum atomic E-state index is -1.03. The van der Waals surface area contributed by atoms with Crippen LogP contribution in [-0.4, -0.2) is 34.6 Å². The molecule has 0 saturated carbocycles. The van der Waals surface area contributed by atoms with E-state index in [-0.39, 0.29) is 5.91 Å². The fourth-order valence-electron chi connectivity index (χ4n) is 2.10.